The van der Waals surface area contributed by atoms with Gasteiger partial charge in [0, 0.05) is 30.6 Å². The van der Waals surface area contributed by atoms with Crippen LogP contribution in [0, 0.1) is 17.8 Å². The van der Waals surface area contributed by atoms with Gasteiger partial charge in [-0.2, -0.15) is 0 Å². The lowest BCUT2D eigenvalue weighted by molar-refractivity contribution is 0.0358. The monoisotopic (exact) mass is 386 g/mol. The van der Waals surface area contributed by atoms with Crippen molar-refractivity contribution in [2.45, 2.75) is 102 Å². The first-order valence-corrected chi connectivity index (χ1v) is 10.5. The van der Waals surface area contributed by atoms with Crippen LogP contribution in [0.1, 0.15) is 52.9 Å². The summed E-state index contributed by atoms with van der Waals surface area (Å²) in [5.74, 6) is 0.620. The normalized spacial score (nSPS) is 49.3. The van der Waals surface area contributed by atoms with Crippen LogP contribution >= 0.6 is 0 Å². The summed E-state index contributed by atoms with van der Waals surface area (Å²) in [5, 5.41) is 27.7. The summed E-state index contributed by atoms with van der Waals surface area (Å²) in [6.45, 7) is 5.69. The highest BCUT2D eigenvalue weighted by Crippen LogP contribution is 2.45. The molecule has 0 bridgehead atoms. The van der Waals surface area contributed by atoms with Gasteiger partial charge in [-0.25, -0.2) is 4.39 Å². The molecule has 4 fully saturated rings. The van der Waals surface area contributed by atoms with E-state index in [2.05, 4.69) is 26.0 Å². The van der Waals surface area contributed by atoms with Crippen molar-refractivity contribution in [1.29, 1.82) is 0 Å². The number of ether oxygens (including phenoxy) is 2. The van der Waals surface area contributed by atoms with E-state index in [9.17, 15) is 14.6 Å². The minimum atomic E-state index is -0.938. The average Bonchev–Trinajstić information content (AvgIpc) is 3.42. The largest absolute Gasteiger partial charge is 0.393 e. The van der Waals surface area contributed by atoms with Crippen LogP contribution < -0.4 is 0 Å². The summed E-state index contributed by atoms with van der Waals surface area (Å²) in [6.07, 6.45) is 8.12. The lowest BCUT2D eigenvalue weighted by Crippen LogP contribution is -2.27. The molecule has 27 heavy (non-hydrogen) atoms. The Morgan fingerprint density at radius 1 is 0.963 bits per heavy atom. The van der Waals surface area contributed by atoms with Gasteiger partial charge in [0.15, 0.2) is 0 Å². The third-order valence-electron chi connectivity index (χ3n) is 6.66. The summed E-state index contributed by atoms with van der Waals surface area (Å²) in [6, 6.07) is 0. The Morgan fingerprint density at radius 3 is 1.89 bits per heavy atom. The van der Waals surface area contributed by atoms with Crippen LogP contribution in [0.2, 0.25) is 0 Å². The van der Waals surface area contributed by atoms with Crippen molar-refractivity contribution in [3.05, 3.63) is 12.2 Å². The van der Waals surface area contributed by atoms with Gasteiger partial charge in [-0.3, -0.25) is 0 Å². The van der Waals surface area contributed by atoms with Gasteiger partial charge in [0.1, 0.15) is 6.17 Å². The first-order valence-electron chi connectivity index (χ1n) is 10.5. The summed E-state index contributed by atoms with van der Waals surface area (Å²) in [7, 11) is 0. The molecule has 3 aliphatic carbocycles. The Kier molecular flexibility index (Phi) is 6.96. The number of fused-ring (bicyclic) bond motifs is 2. The maximum atomic E-state index is 12.7. The van der Waals surface area contributed by atoms with E-state index in [0.717, 1.165) is 25.7 Å². The number of hydrogen-bond donors (Lipinski definition) is 3. The van der Waals surface area contributed by atoms with E-state index in [1.54, 1.807) is 0 Å². The molecule has 0 radical (unpaired) electrons. The number of epoxide rings is 2. The quantitative estimate of drug-likeness (QED) is 0.512. The van der Waals surface area contributed by atoms with E-state index in [1.165, 1.54) is 6.92 Å². The molecule has 0 aromatic heterocycles. The molecule has 0 aromatic carbocycles. The summed E-state index contributed by atoms with van der Waals surface area (Å²) in [5.41, 5.74) is 0. The molecular formula is C21H35FO5. The number of halogens is 1. The second-order valence-corrected chi connectivity index (χ2v) is 8.51. The molecule has 3 N–H and O–H groups in total. The molecule has 2 saturated carbocycles. The molecule has 0 amide bonds. The molecule has 11 atom stereocenters. The van der Waals surface area contributed by atoms with Crippen molar-refractivity contribution >= 4 is 0 Å². The van der Waals surface area contributed by atoms with Crippen LogP contribution in [0.3, 0.4) is 0 Å². The molecule has 1 unspecified atom stereocenters. The van der Waals surface area contributed by atoms with Gasteiger partial charge >= 0.3 is 0 Å². The predicted molar refractivity (Wildman–Crippen MR) is 100.0 cm³/mol. The van der Waals surface area contributed by atoms with Gasteiger partial charge in [-0.1, -0.05) is 26.0 Å². The van der Waals surface area contributed by atoms with Crippen LogP contribution in [0.5, 0.6) is 0 Å². The second kappa shape index (κ2) is 8.87. The molecule has 5 rings (SSSR count). The highest BCUT2D eigenvalue weighted by molar-refractivity contribution is 5.04. The maximum absolute atomic E-state index is 12.7. The first-order chi connectivity index (χ1) is 12.9. The van der Waals surface area contributed by atoms with Crippen molar-refractivity contribution in [2.75, 3.05) is 0 Å². The third kappa shape index (κ3) is 4.91. The SMILES string of the molecule is CC(F)[C@@H]1[C@H]2O[C@H]2C[C@H]1O.CC[C@@H]1C=CC[C@H]1O.CC[C@@H]1[C@H]2O[C@H]2C[C@H]1O. The lowest BCUT2D eigenvalue weighted by atomic mass is 10.0. The maximum Gasteiger partial charge on any atom is 0.105 e. The number of rotatable bonds is 3. The van der Waals surface area contributed by atoms with E-state index in [4.69, 9.17) is 14.6 Å². The molecular weight excluding hydrogens is 351 g/mol. The molecule has 0 aromatic rings. The summed E-state index contributed by atoms with van der Waals surface area (Å²) in [4.78, 5) is 0. The smallest absolute Gasteiger partial charge is 0.105 e. The highest BCUT2D eigenvalue weighted by atomic mass is 19.1. The van der Waals surface area contributed by atoms with Gasteiger partial charge in [0.25, 0.3) is 0 Å². The Morgan fingerprint density at radius 2 is 1.59 bits per heavy atom. The zero-order valence-corrected chi connectivity index (χ0v) is 16.6. The van der Waals surface area contributed by atoms with E-state index in [0.29, 0.717) is 30.5 Å². The van der Waals surface area contributed by atoms with Crippen LogP contribution in [-0.2, 0) is 9.47 Å². The highest BCUT2D eigenvalue weighted by Gasteiger charge is 2.57. The molecule has 5 nitrogen and oxygen atoms in total. The second-order valence-electron chi connectivity index (χ2n) is 8.51. The number of alkyl halides is 1. The fourth-order valence-electron chi connectivity index (χ4n) is 4.83. The van der Waals surface area contributed by atoms with Gasteiger partial charge in [-0.15, -0.1) is 0 Å². The van der Waals surface area contributed by atoms with Crippen molar-refractivity contribution < 1.29 is 29.2 Å². The van der Waals surface area contributed by atoms with Crippen LogP contribution in [0.4, 0.5) is 4.39 Å². The van der Waals surface area contributed by atoms with E-state index < -0.39 is 12.3 Å². The van der Waals surface area contributed by atoms with Gasteiger partial charge in [0.2, 0.25) is 0 Å². The molecule has 6 heteroatoms. The predicted octanol–water partition coefficient (Wildman–Crippen LogP) is 2.37. The minimum Gasteiger partial charge on any atom is -0.393 e. The van der Waals surface area contributed by atoms with Crippen LogP contribution in [-0.4, -0.2) is 64.2 Å². The summed E-state index contributed by atoms with van der Waals surface area (Å²) >= 11 is 0. The van der Waals surface area contributed by atoms with Crippen molar-refractivity contribution in [3.8, 4) is 0 Å². The van der Waals surface area contributed by atoms with Gasteiger partial charge in [0.05, 0.1) is 42.7 Å². The Hall–Kier alpha value is -0.530. The average molecular weight is 387 g/mol. The van der Waals surface area contributed by atoms with E-state index >= 15 is 0 Å². The van der Waals surface area contributed by atoms with Crippen molar-refractivity contribution in [1.82, 2.24) is 0 Å². The molecule has 2 aliphatic heterocycles. The Bertz CT molecular complexity index is 509. The standard InChI is InChI=1S/C7H11FO2.C7H12O2.C7H12O/c1-3(8)6-4(9)2-5-7(6)10-5;1-2-4-5(8)3-6-7(4)9-6;1-2-6-4-3-5-7(6)8/h3-7,9H,2H2,1H3;4-8H,2-3H2,1H3;3-4,6-8H,2,5H2,1H3/t3?,4-,5+,6+,7+;4-,5+,6-,7+;6-,7-/m101/s1. The van der Waals surface area contributed by atoms with E-state index in [1.807, 2.05) is 0 Å². The molecule has 5 aliphatic rings. The minimum absolute atomic E-state index is 0.0231. The Labute approximate surface area is 161 Å². The fourth-order valence-corrected chi connectivity index (χ4v) is 4.83. The van der Waals surface area contributed by atoms with Gasteiger partial charge < -0.3 is 24.8 Å². The van der Waals surface area contributed by atoms with Crippen LogP contribution in [0.25, 0.3) is 0 Å². The van der Waals surface area contributed by atoms with Crippen molar-refractivity contribution in [3.63, 3.8) is 0 Å². The number of hydrogen-bond acceptors (Lipinski definition) is 5. The molecule has 0 spiro atoms. The van der Waals surface area contributed by atoms with E-state index in [-0.39, 0.29) is 30.3 Å². The molecule has 156 valence electrons. The fraction of sp³-hybridized carbons (Fsp3) is 0.905. The Balaban J connectivity index is 0.000000118. The van der Waals surface area contributed by atoms with Crippen molar-refractivity contribution in [2.24, 2.45) is 17.8 Å². The third-order valence-corrected chi connectivity index (χ3v) is 6.66. The lowest BCUT2D eigenvalue weighted by Gasteiger charge is -2.17. The molecule has 2 saturated heterocycles. The summed E-state index contributed by atoms with van der Waals surface area (Å²) < 4.78 is 23.1. The van der Waals surface area contributed by atoms with Gasteiger partial charge in [-0.05, 0) is 26.2 Å². The zero-order chi connectivity index (χ0) is 19.7. The molecule has 2 heterocycles. The first kappa shape index (κ1) is 21.2. The van der Waals surface area contributed by atoms with Crippen LogP contribution in [0.15, 0.2) is 12.2 Å². The number of aliphatic hydroxyl groups excluding tert-OH is 3. The topological polar surface area (TPSA) is 85.8 Å². The zero-order valence-electron chi connectivity index (χ0n) is 16.6. The number of aliphatic hydroxyl groups is 3.